The SMILES string of the molecule is CCC(=O)CC(O)CCNC(=O)OCc1ccccc1. The van der Waals surface area contributed by atoms with Crippen LogP contribution in [0.2, 0.25) is 0 Å². The first-order chi connectivity index (χ1) is 9.61. The van der Waals surface area contributed by atoms with Gasteiger partial charge in [0.05, 0.1) is 6.10 Å². The van der Waals surface area contributed by atoms with Crippen LogP contribution in [0.25, 0.3) is 0 Å². The first-order valence-corrected chi connectivity index (χ1v) is 6.76. The third-order valence-electron chi connectivity index (χ3n) is 2.82. The van der Waals surface area contributed by atoms with E-state index >= 15 is 0 Å². The van der Waals surface area contributed by atoms with Crippen LogP contribution in [0.4, 0.5) is 4.79 Å². The normalized spacial score (nSPS) is 11.7. The molecule has 1 aromatic rings. The molecular weight excluding hydrogens is 258 g/mol. The van der Waals surface area contributed by atoms with E-state index in [1.165, 1.54) is 0 Å². The molecule has 0 heterocycles. The molecule has 20 heavy (non-hydrogen) atoms. The summed E-state index contributed by atoms with van der Waals surface area (Å²) in [4.78, 5) is 22.5. The van der Waals surface area contributed by atoms with Crippen LogP contribution < -0.4 is 5.32 Å². The number of ketones is 1. The Labute approximate surface area is 118 Å². The van der Waals surface area contributed by atoms with E-state index in [0.717, 1.165) is 5.56 Å². The standard InChI is InChI=1S/C15H21NO4/c1-2-13(17)10-14(18)8-9-16-15(19)20-11-12-6-4-3-5-7-12/h3-7,14,18H,2,8-11H2,1H3,(H,16,19). The first kappa shape index (κ1) is 16.2. The Bertz CT molecular complexity index is 419. The Morgan fingerprint density at radius 3 is 2.65 bits per heavy atom. The molecule has 0 fully saturated rings. The highest BCUT2D eigenvalue weighted by Gasteiger charge is 2.10. The fourth-order valence-corrected chi connectivity index (χ4v) is 1.62. The van der Waals surface area contributed by atoms with Gasteiger partial charge in [0.15, 0.2) is 0 Å². The first-order valence-electron chi connectivity index (χ1n) is 6.76. The van der Waals surface area contributed by atoms with E-state index in [4.69, 9.17) is 4.74 Å². The minimum absolute atomic E-state index is 0.0177. The molecule has 0 aliphatic rings. The number of rotatable bonds is 8. The van der Waals surface area contributed by atoms with Crippen LogP contribution in [0.3, 0.4) is 0 Å². The van der Waals surface area contributed by atoms with Crippen molar-refractivity contribution in [1.29, 1.82) is 0 Å². The highest BCUT2D eigenvalue weighted by atomic mass is 16.5. The number of hydrogen-bond donors (Lipinski definition) is 2. The number of amides is 1. The van der Waals surface area contributed by atoms with Gasteiger partial charge in [-0.05, 0) is 12.0 Å². The number of ether oxygens (including phenoxy) is 1. The Balaban J connectivity index is 2.12. The molecule has 1 atom stereocenters. The summed E-state index contributed by atoms with van der Waals surface area (Å²) in [5.74, 6) is 0.0177. The summed E-state index contributed by atoms with van der Waals surface area (Å²) < 4.78 is 5.01. The van der Waals surface area contributed by atoms with Crippen LogP contribution in [0, 0.1) is 0 Å². The van der Waals surface area contributed by atoms with Crippen molar-refractivity contribution in [3.05, 3.63) is 35.9 Å². The zero-order valence-electron chi connectivity index (χ0n) is 11.7. The highest BCUT2D eigenvalue weighted by molar-refractivity contribution is 5.78. The summed E-state index contributed by atoms with van der Waals surface area (Å²) in [5.41, 5.74) is 0.913. The molecule has 0 aliphatic heterocycles. The molecule has 0 aromatic heterocycles. The van der Waals surface area contributed by atoms with Crippen molar-refractivity contribution in [3.8, 4) is 0 Å². The zero-order valence-corrected chi connectivity index (χ0v) is 11.7. The molecule has 0 radical (unpaired) electrons. The molecule has 0 aliphatic carbocycles. The predicted molar refractivity (Wildman–Crippen MR) is 75.2 cm³/mol. The molecule has 5 heteroatoms. The van der Waals surface area contributed by atoms with E-state index in [9.17, 15) is 14.7 Å². The van der Waals surface area contributed by atoms with Crippen LogP contribution in [0.1, 0.15) is 31.7 Å². The van der Waals surface area contributed by atoms with Gasteiger partial charge in [-0.2, -0.15) is 0 Å². The van der Waals surface area contributed by atoms with E-state index in [1.54, 1.807) is 6.92 Å². The van der Waals surface area contributed by atoms with E-state index in [-0.39, 0.29) is 25.4 Å². The number of benzene rings is 1. The maximum atomic E-state index is 11.4. The lowest BCUT2D eigenvalue weighted by molar-refractivity contribution is -0.120. The molecular formula is C15H21NO4. The van der Waals surface area contributed by atoms with Gasteiger partial charge >= 0.3 is 6.09 Å². The van der Waals surface area contributed by atoms with Crippen LogP contribution >= 0.6 is 0 Å². The number of carbonyl (C=O) groups is 2. The molecule has 1 aromatic carbocycles. The predicted octanol–water partition coefficient (Wildman–Crippen LogP) is 2.03. The Kier molecular flexibility index (Phi) is 7.35. The lowest BCUT2D eigenvalue weighted by Crippen LogP contribution is -2.28. The maximum Gasteiger partial charge on any atom is 0.407 e. The second-order valence-corrected chi connectivity index (χ2v) is 4.53. The Morgan fingerprint density at radius 1 is 1.30 bits per heavy atom. The number of hydrogen-bond acceptors (Lipinski definition) is 4. The number of carbonyl (C=O) groups excluding carboxylic acids is 2. The third kappa shape index (κ3) is 6.89. The quantitative estimate of drug-likeness (QED) is 0.763. The molecule has 1 amide bonds. The molecule has 0 bridgehead atoms. The van der Waals surface area contributed by atoms with Gasteiger partial charge in [0.25, 0.3) is 0 Å². The average Bonchev–Trinajstić information content (AvgIpc) is 2.46. The topological polar surface area (TPSA) is 75.6 Å². The molecule has 0 saturated heterocycles. The maximum absolute atomic E-state index is 11.4. The number of Topliss-reactive ketones (excluding diaryl/α,β-unsaturated/α-hetero) is 1. The van der Waals surface area contributed by atoms with Crippen LogP contribution in [-0.4, -0.2) is 29.6 Å². The van der Waals surface area contributed by atoms with Gasteiger partial charge in [-0.1, -0.05) is 37.3 Å². The van der Waals surface area contributed by atoms with Crippen molar-refractivity contribution in [2.75, 3.05) is 6.54 Å². The molecule has 0 spiro atoms. The molecule has 0 saturated carbocycles. The van der Waals surface area contributed by atoms with E-state index < -0.39 is 12.2 Å². The zero-order chi connectivity index (χ0) is 14.8. The minimum atomic E-state index is -0.711. The number of alkyl carbamates (subject to hydrolysis) is 1. The monoisotopic (exact) mass is 279 g/mol. The van der Waals surface area contributed by atoms with Crippen molar-refractivity contribution in [2.45, 2.75) is 38.9 Å². The summed E-state index contributed by atoms with van der Waals surface area (Å²) in [6.07, 6.45) is -0.340. The van der Waals surface area contributed by atoms with Crippen LogP contribution in [0.15, 0.2) is 30.3 Å². The molecule has 5 nitrogen and oxygen atoms in total. The van der Waals surface area contributed by atoms with Gasteiger partial charge in [-0.3, -0.25) is 4.79 Å². The smallest absolute Gasteiger partial charge is 0.407 e. The van der Waals surface area contributed by atoms with Gasteiger partial charge in [-0.25, -0.2) is 4.79 Å². The van der Waals surface area contributed by atoms with Crippen molar-refractivity contribution >= 4 is 11.9 Å². The van der Waals surface area contributed by atoms with Crippen LogP contribution in [-0.2, 0) is 16.1 Å². The fourth-order valence-electron chi connectivity index (χ4n) is 1.62. The Morgan fingerprint density at radius 2 is 2.00 bits per heavy atom. The second-order valence-electron chi connectivity index (χ2n) is 4.53. The van der Waals surface area contributed by atoms with Gasteiger partial charge in [0.2, 0.25) is 0 Å². The summed E-state index contributed by atoms with van der Waals surface area (Å²) in [5, 5.41) is 12.1. The second kappa shape index (κ2) is 9.09. The van der Waals surface area contributed by atoms with Crippen molar-refractivity contribution in [1.82, 2.24) is 5.32 Å². The number of nitrogens with one attached hydrogen (secondary N) is 1. The summed E-state index contributed by atoms with van der Waals surface area (Å²) >= 11 is 0. The van der Waals surface area contributed by atoms with Crippen molar-refractivity contribution in [3.63, 3.8) is 0 Å². The minimum Gasteiger partial charge on any atom is -0.445 e. The van der Waals surface area contributed by atoms with Gasteiger partial charge < -0.3 is 15.2 Å². The van der Waals surface area contributed by atoms with Crippen molar-refractivity contribution < 1.29 is 19.4 Å². The highest BCUT2D eigenvalue weighted by Crippen LogP contribution is 2.02. The summed E-state index contributed by atoms with van der Waals surface area (Å²) in [6.45, 7) is 2.25. The van der Waals surface area contributed by atoms with E-state index in [0.29, 0.717) is 12.8 Å². The van der Waals surface area contributed by atoms with Gasteiger partial charge in [0.1, 0.15) is 12.4 Å². The summed E-state index contributed by atoms with van der Waals surface area (Å²) in [7, 11) is 0. The molecule has 2 N–H and O–H groups in total. The summed E-state index contributed by atoms with van der Waals surface area (Å²) in [6, 6.07) is 9.37. The molecule has 1 rings (SSSR count). The number of aliphatic hydroxyl groups excluding tert-OH is 1. The van der Waals surface area contributed by atoms with Gasteiger partial charge in [-0.15, -0.1) is 0 Å². The third-order valence-corrected chi connectivity index (χ3v) is 2.82. The number of aliphatic hydroxyl groups is 1. The molecule has 1 unspecified atom stereocenters. The average molecular weight is 279 g/mol. The van der Waals surface area contributed by atoms with Gasteiger partial charge in [0, 0.05) is 19.4 Å². The van der Waals surface area contributed by atoms with E-state index in [1.807, 2.05) is 30.3 Å². The Hall–Kier alpha value is -1.88. The van der Waals surface area contributed by atoms with Crippen molar-refractivity contribution in [2.24, 2.45) is 0 Å². The molecule has 110 valence electrons. The van der Waals surface area contributed by atoms with E-state index in [2.05, 4.69) is 5.32 Å². The lowest BCUT2D eigenvalue weighted by atomic mass is 10.1. The lowest BCUT2D eigenvalue weighted by Gasteiger charge is -2.10. The largest absolute Gasteiger partial charge is 0.445 e. The fraction of sp³-hybridized carbons (Fsp3) is 0.467. The van der Waals surface area contributed by atoms with Crippen LogP contribution in [0.5, 0.6) is 0 Å².